The SMILES string of the molecule is CC(=O)N[C@@H](C)COc1cnc(-c2nc3ccc(O)cc3o2)c(Cl)c1. The van der Waals surface area contributed by atoms with Crippen LogP contribution in [0.1, 0.15) is 13.8 Å². The van der Waals surface area contributed by atoms with Gasteiger partial charge in [-0.3, -0.25) is 4.79 Å². The van der Waals surface area contributed by atoms with Crippen LogP contribution < -0.4 is 10.1 Å². The number of rotatable bonds is 5. The van der Waals surface area contributed by atoms with Gasteiger partial charge in [0.15, 0.2) is 5.58 Å². The first kappa shape index (κ1) is 17.0. The van der Waals surface area contributed by atoms with Gasteiger partial charge in [-0.1, -0.05) is 11.6 Å². The first-order valence-electron chi connectivity index (χ1n) is 7.58. The van der Waals surface area contributed by atoms with Crippen LogP contribution in [0.15, 0.2) is 34.9 Å². The summed E-state index contributed by atoms with van der Waals surface area (Å²) in [4.78, 5) is 19.5. The van der Waals surface area contributed by atoms with Crippen molar-refractivity contribution in [3.63, 3.8) is 0 Å². The molecule has 0 aliphatic rings. The Morgan fingerprint density at radius 1 is 1.44 bits per heavy atom. The summed E-state index contributed by atoms with van der Waals surface area (Å²) >= 11 is 6.26. The number of phenolic OH excluding ortho intramolecular Hbond substituents is 1. The van der Waals surface area contributed by atoms with Crippen LogP contribution in [0, 0.1) is 0 Å². The van der Waals surface area contributed by atoms with E-state index in [0.717, 1.165) is 0 Å². The Hall–Kier alpha value is -2.80. The van der Waals surface area contributed by atoms with Gasteiger partial charge in [0, 0.05) is 19.1 Å². The van der Waals surface area contributed by atoms with Crippen molar-refractivity contribution in [1.29, 1.82) is 0 Å². The lowest BCUT2D eigenvalue weighted by atomic mass is 10.3. The molecule has 3 aromatic rings. The standard InChI is InChI=1S/C17H16ClN3O4/c1-9(20-10(2)22)8-24-12-6-13(18)16(19-7-12)17-21-14-4-3-11(23)5-15(14)25-17/h3-7,9,23H,8H2,1-2H3,(H,20,22)/t9-/m0/s1. The van der Waals surface area contributed by atoms with Gasteiger partial charge in [0.25, 0.3) is 0 Å². The number of aromatic nitrogens is 2. The minimum Gasteiger partial charge on any atom is -0.508 e. The molecular weight excluding hydrogens is 346 g/mol. The molecule has 25 heavy (non-hydrogen) atoms. The molecule has 0 aliphatic heterocycles. The number of ether oxygens (including phenoxy) is 1. The monoisotopic (exact) mass is 361 g/mol. The zero-order valence-electron chi connectivity index (χ0n) is 13.6. The van der Waals surface area contributed by atoms with E-state index in [2.05, 4.69) is 15.3 Å². The predicted octanol–water partition coefficient (Wildman–Crippen LogP) is 3.15. The first-order valence-corrected chi connectivity index (χ1v) is 7.95. The smallest absolute Gasteiger partial charge is 0.247 e. The lowest BCUT2D eigenvalue weighted by Crippen LogP contribution is -2.35. The maximum absolute atomic E-state index is 11.0. The second-order valence-electron chi connectivity index (χ2n) is 5.59. The number of benzene rings is 1. The number of nitrogens with one attached hydrogen (secondary N) is 1. The van der Waals surface area contributed by atoms with E-state index in [-0.39, 0.29) is 23.6 Å². The van der Waals surface area contributed by atoms with Crippen molar-refractivity contribution in [3.8, 4) is 23.1 Å². The van der Waals surface area contributed by atoms with Gasteiger partial charge in [-0.15, -0.1) is 0 Å². The van der Waals surface area contributed by atoms with Crippen LogP contribution in [0.2, 0.25) is 5.02 Å². The zero-order valence-corrected chi connectivity index (χ0v) is 14.4. The van der Waals surface area contributed by atoms with E-state index in [1.165, 1.54) is 25.3 Å². The van der Waals surface area contributed by atoms with E-state index < -0.39 is 0 Å². The highest BCUT2D eigenvalue weighted by atomic mass is 35.5. The highest BCUT2D eigenvalue weighted by Gasteiger charge is 2.15. The molecule has 8 heteroatoms. The molecule has 2 aromatic heterocycles. The van der Waals surface area contributed by atoms with Gasteiger partial charge in [-0.25, -0.2) is 9.97 Å². The average molecular weight is 362 g/mol. The Labute approximate surface area is 148 Å². The molecule has 1 aromatic carbocycles. The number of amides is 1. The third-order valence-corrected chi connectivity index (χ3v) is 3.63. The van der Waals surface area contributed by atoms with Crippen LogP contribution in [-0.2, 0) is 4.79 Å². The van der Waals surface area contributed by atoms with Crippen molar-refractivity contribution in [2.45, 2.75) is 19.9 Å². The number of carbonyl (C=O) groups excluding carboxylic acids is 1. The number of aromatic hydroxyl groups is 1. The summed E-state index contributed by atoms with van der Waals surface area (Å²) < 4.78 is 11.2. The van der Waals surface area contributed by atoms with Crippen LogP contribution in [-0.4, -0.2) is 33.6 Å². The maximum Gasteiger partial charge on any atom is 0.247 e. The number of oxazole rings is 1. The fraction of sp³-hybridized carbons (Fsp3) is 0.235. The predicted molar refractivity (Wildman–Crippen MR) is 92.7 cm³/mol. The van der Waals surface area contributed by atoms with Crippen LogP contribution in [0.3, 0.4) is 0 Å². The van der Waals surface area contributed by atoms with Crippen LogP contribution >= 0.6 is 11.6 Å². The van der Waals surface area contributed by atoms with Gasteiger partial charge in [0.05, 0.1) is 17.3 Å². The molecule has 1 amide bonds. The van der Waals surface area contributed by atoms with E-state index in [9.17, 15) is 9.90 Å². The molecule has 0 unspecified atom stereocenters. The Morgan fingerprint density at radius 2 is 2.24 bits per heavy atom. The Bertz CT molecular complexity index is 925. The summed E-state index contributed by atoms with van der Waals surface area (Å²) in [6.45, 7) is 3.57. The molecule has 3 rings (SSSR count). The number of phenols is 1. The minimum absolute atomic E-state index is 0.0892. The van der Waals surface area contributed by atoms with Crippen molar-refractivity contribution >= 4 is 28.6 Å². The molecule has 0 aliphatic carbocycles. The minimum atomic E-state index is -0.138. The molecule has 0 saturated carbocycles. The number of carbonyl (C=O) groups is 1. The third kappa shape index (κ3) is 4.00. The van der Waals surface area contributed by atoms with E-state index in [1.807, 2.05) is 6.92 Å². The largest absolute Gasteiger partial charge is 0.508 e. The summed E-state index contributed by atoms with van der Waals surface area (Å²) in [7, 11) is 0. The fourth-order valence-corrected chi connectivity index (χ4v) is 2.52. The maximum atomic E-state index is 11.0. The lowest BCUT2D eigenvalue weighted by molar-refractivity contribution is -0.119. The van der Waals surface area contributed by atoms with E-state index in [0.29, 0.717) is 34.2 Å². The van der Waals surface area contributed by atoms with Crippen molar-refractivity contribution in [3.05, 3.63) is 35.5 Å². The number of fused-ring (bicyclic) bond motifs is 1. The average Bonchev–Trinajstić information content (AvgIpc) is 2.95. The summed E-state index contributed by atoms with van der Waals surface area (Å²) in [5, 5.41) is 12.5. The Balaban J connectivity index is 1.78. The summed E-state index contributed by atoms with van der Waals surface area (Å²) in [5.74, 6) is 0.694. The Kier molecular flexibility index (Phi) is 4.76. The van der Waals surface area contributed by atoms with Gasteiger partial charge < -0.3 is 19.6 Å². The molecule has 0 saturated heterocycles. The third-order valence-electron chi connectivity index (χ3n) is 3.34. The quantitative estimate of drug-likeness (QED) is 0.724. The lowest BCUT2D eigenvalue weighted by Gasteiger charge is -2.13. The van der Waals surface area contributed by atoms with Crippen molar-refractivity contribution in [2.75, 3.05) is 6.61 Å². The van der Waals surface area contributed by atoms with Gasteiger partial charge in [-0.2, -0.15) is 0 Å². The number of nitrogens with zero attached hydrogens (tertiary/aromatic N) is 2. The summed E-state index contributed by atoms with van der Waals surface area (Å²) in [6, 6.07) is 6.11. The molecule has 7 nitrogen and oxygen atoms in total. The number of hydrogen-bond donors (Lipinski definition) is 2. The molecule has 0 spiro atoms. The van der Waals surface area contributed by atoms with Crippen molar-refractivity contribution in [2.24, 2.45) is 0 Å². The van der Waals surface area contributed by atoms with Gasteiger partial charge >= 0.3 is 0 Å². The molecule has 1 atom stereocenters. The highest BCUT2D eigenvalue weighted by molar-refractivity contribution is 6.33. The van der Waals surface area contributed by atoms with Crippen molar-refractivity contribution < 1.29 is 19.1 Å². The van der Waals surface area contributed by atoms with Crippen LogP contribution in [0.5, 0.6) is 11.5 Å². The first-order chi connectivity index (χ1) is 11.9. The van der Waals surface area contributed by atoms with Gasteiger partial charge in [0.1, 0.15) is 29.3 Å². The molecule has 0 fully saturated rings. The summed E-state index contributed by atoms with van der Waals surface area (Å²) in [6.07, 6.45) is 1.51. The molecule has 2 N–H and O–H groups in total. The molecular formula is C17H16ClN3O4. The van der Waals surface area contributed by atoms with Crippen LogP contribution in [0.25, 0.3) is 22.7 Å². The second kappa shape index (κ2) is 6.98. The zero-order chi connectivity index (χ0) is 18.0. The normalized spacial score (nSPS) is 12.1. The number of pyridine rings is 1. The Morgan fingerprint density at radius 3 is 2.96 bits per heavy atom. The molecule has 130 valence electrons. The van der Waals surface area contributed by atoms with E-state index in [1.54, 1.807) is 12.1 Å². The summed E-state index contributed by atoms with van der Waals surface area (Å²) in [5.41, 5.74) is 1.41. The fourth-order valence-electron chi connectivity index (χ4n) is 2.28. The topological polar surface area (TPSA) is 97.5 Å². The molecule has 0 bridgehead atoms. The van der Waals surface area contributed by atoms with Crippen molar-refractivity contribution in [1.82, 2.24) is 15.3 Å². The van der Waals surface area contributed by atoms with Gasteiger partial charge in [0.2, 0.25) is 11.8 Å². The molecule has 0 radical (unpaired) electrons. The van der Waals surface area contributed by atoms with E-state index in [4.69, 9.17) is 20.8 Å². The van der Waals surface area contributed by atoms with Gasteiger partial charge in [-0.05, 0) is 19.1 Å². The second-order valence-corrected chi connectivity index (χ2v) is 5.99. The molecule has 2 heterocycles. The van der Waals surface area contributed by atoms with Crippen LogP contribution in [0.4, 0.5) is 0 Å². The highest BCUT2D eigenvalue weighted by Crippen LogP contribution is 2.31. The number of hydrogen-bond acceptors (Lipinski definition) is 6. The van der Waals surface area contributed by atoms with E-state index >= 15 is 0 Å². The number of halogens is 1.